The molecule has 2 aromatic carbocycles. The Morgan fingerprint density at radius 1 is 0.816 bits per heavy atom. The van der Waals surface area contributed by atoms with Crippen LogP contribution in [0, 0.1) is 41.1 Å². The van der Waals surface area contributed by atoms with Gasteiger partial charge in [0.05, 0.1) is 0 Å². The molecule has 2 fully saturated rings. The summed E-state index contributed by atoms with van der Waals surface area (Å²) in [7, 11) is 0. The Hall–Kier alpha value is -2.18. The standard InChI is InChI=1S/C31H38F6O/c1-3-4-20-5-9-22(10-6-20)19(2)15-21-7-11-23(12-8-21)24-13-14-26(27(32)16-24)25-17-28(33)30(29(34)18-25)38-31(35,36)37/h13-14,16-23H,3-12,15H2,1-2H3. The first-order valence-corrected chi connectivity index (χ1v) is 14.1. The third-order valence-electron chi connectivity index (χ3n) is 8.94. The number of alkyl halides is 3. The van der Waals surface area contributed by atoms with Gasteiger partial charge in [0, 0.05) is 5.56 Å². The van der Waals surface area contributed by atoms with E-state index in [9.17, 15) is 22.0 Å². The van der Waals surface area contributed by atoms with Crippen molar-refractivity contribution in [2.75, 3.05) is 0 Å². The van der Waals surface area contributed by atoms with Gasteiger partial charge in [0.1, 0.15) is 5.82 Å². The second kappa shape index (κ2) is 12.3. The molecular formula is C31H38F6O. The lowest BCUT2D eigenvalue weighted by Crippen LogP contribution is -2.23. The van der Waals surface area contributed by atoms with Gasteiger partial charge in [-0.25, -0.2) is 13.2 Å². The van der Waals surface area contributed by atoms with Crippen LogP contribution in [0.3, 0.4) is 0 Å². The Kier molecular flexibility index (Phi) is 9.36. The number of halogens is 6. The first-order valence-electron chi connectivity index (χ1n) is 14.1. The monoisotopic (exact) mass is 540 g/mol. The minimum atomic E-state index is -5.24. The predicted molar refractivity (Wildman–Crippen MR) is 137 cm³/mol. The Labute approximate surface area is 222 Å². The van der Waals surface area contributed by atoms with E-state index in [-0.39, 0.29) is 17.0 Å². The van der Waals surface area contributed by atoms with Crippen LogP contribution >= 0.6 is 0 Å². The smallest absolute Gasteiger partial charge is 0.399 e. The largest absolute Gasteiger partial charge is 0.573 e. The van der Waals surface area contributed by atoms with E-state index in [1.807, 2.05) is 0 Å². The molecular weight excluding hydrogens is 502 g/mol. The summed E-state index contributed by atoms with van der Waals surface area (Å²) in [6.45, 7) is 4.69. The van der Waals surface area contributed by atoms with Crippen molar-refractivity contribution in [1.82, 2.24) is 0 Å². The Balaban J connectivity index is 1.33. The molecule has 0 aromatic heterocycles. The molecule has 0 saturated heterocycles. The SMILES string of the molecule is CCCC1CCC(C(C)CC2CCC(c3ccc(-c4cc(F)c(OC(F)(F)F)c(F)c4)c(F)c3)CC2)CC1. The molecule has 1 nitrogen and oxygen atoms in total. The molecule has 0 amide bonds. The zero-order valence-corrected chi connectivity index (χ0v) is 22.2. The van der Waals surface area contributed by atoms with E-state index < -0.39 is 29.6 Å². The van der Waals surface area contributed by atoms with Crippen LogP contribution in [0.5, 0.6) is 5.75 Å². The molecule has 0 spiro atoms. The molecule has 0 radical (unpaired) electrons. The van der Waals surface area contributed by atoms with Crippen LogP contribution in [0.15, 0.2) is 30.3 Å². The van der Waals surface area contributed by atoms with Gasteiger partial charge in [0.2, 0.25) is 5.75 Å². The van der Waals surface area contributed by atoms with Gasteiger partial charge < -0.3 is 4.74 Å². The summed E-state index contributed by atoms with van der Waals surface area (Å²) in [6.07, 6.45) is 8.32. The number of hydrogen-bond donors (Lipinski definition) is 0. The van der Waals surface area contributed by atoms with Gasteiger partial charge in [0.25, 0.3) is 0 Å². The normalized spacial score (nSPS) is 25.3. The van der Waals surface area contributed by atoms with Crippen LogP contribution in [0.4, 0.5) is 26.3 Å². The highest BCUT2D eigenvalue weighted by molar-refractivity contribution is 5.66. The third-order valence-corrected chi connectivity index (χ3v) is 8.94. The van der Waals surface area contributed by atoms with E-state index in [1.54, 1.807) is 6.07 Å². The van der Waals surface area contributed by atoms with E-state index in [0.29, 0.717) is 18.1 Å². The van der Waals surface area contributed by atoms with Crippen molar-refractivity contribution in [2.24, 2.45) is 23.7 Å². The highest BCUT2D eigenvalue weighted by Crippen LogP contribution is 2.43. The molecule has 0 aliphatic heterocycles. The number of ether oxygens (including phenoxy) is 1. The average Bonchev–Trinajstić information content (AvgIpc) is 2.86. The molecule has 2 aromatic rings. The van der Waals surface area contributed by atoms with Crippen LogP contribution in [-0.4, -0.2) is 6.36 Å². The molecule has 7 heteroatoms. The number of hydrogen-bond acceptors (Lipinski definition) is 1. The van der Waals surface area contributed by atoms with Crippen molar-refractivity contribution in [2.45, 2.75) is 96.8 Å². The van der Waals surface area contributed by atoms with Gasteiger partial charge in [-0.15, -0.1) is 13.2 Å². The third kappa shape index (κ3) is 7.26. The van der Waals surface area contributed by atoms with Gasteiger partial charge in [-0.3, -0.25) is 0 Å². The van der Waals surface area contributed by atoms with Crippen LogP contribution in [-0.2, 0) is 0 Å². The summed E-state index contributed by atoms with van der Waals surface area (Å²) >= 11 is 0. The van der Waals surface area contributed by atoms with E-state index in [4.69, 9.17) is 0 Å². The van der Waals surface area contributed by atoms with Crippen molar-refractivity contribution in [3.05, 3.63) is 53.3 Å². The highest BCUT2D eigenvalue weighted by Gasteiger charge is 2.34. The fourth-order valence-corrected chi connectivity index (χ4v) is 6.85. The maximum Gasteiger partial charge on any atom is 0.573 e. The van der Waals surface area contributed by atoms with E-state index >= 15 is 4.39 Å². The molecule has 2 saturated carbocycles. The number of rotatable bonds is 8. The fraction of sp³-hybridized carbons (Fsp3) is 0.613. The zero-order chi connectivity index (χ0) is 27.4. The van der Waals surface area contributed by atoms with Crippen LogP contribution in [0.25, 0.3) is 11.1 Å². The highest BCUT2D eigenvalue weighted by atomic mass is 19.4. The average molecular weight is 541 g/mol. The molecule has 0 heterocycles. The topological polar surface area (TPSA) is 9.23 Å². The van der Waals surface area contributed by atoms with Crippen LogP contribution in [0.1, 0.15) is 96.0 Å². The minimum Gasteiger partial charge on any atom is -0.399 e. The summed E-state index contributed by atoms with van der Waals surface area (Å²) in [6, 6.07) is 5.92. The van der Waals surface area contributed by atoms with E-state index in [1.165, 1.54) is 57.1 Å². The van der Waals surface area contributed by atoms with Gasteiger partial charge in [-0.1, -0.05) is 51.7 Å². The van der Waals surface area contributed by atoms with Gasteiger partial charge in [0.15, 0.2) is 11.6 Å². The molecule has 1 unspecified atom stereocenters. The van der Waals surface area contributed by atoms with Crippen LogP contribution in [0.2, 0.25) is 0 Å². The van der Waals surface area contributed by atoms with Crippen molar-refractivity contribution in [3.63, 3.8) is 0 Å². The molecule has 0 bridgehead atoms. The Bertz CT molecular complexity index is 1040. The molecule has 1 atom stereocenters. The summed E-state index contributed by atoms with van der Waals surface area (Å²) < 4.78 is 83.9. The lowest BCUT2D eigenvalue weighted by Gasteiger charge is -2.36. The number of benzene rings is 2. The minimum absolute atomic E-state index is 0.0683. The summed E-state index contributed by atoms with van der Waals surface area (Å²) in [5.41, 5.74) is 0.603. The van der Waals surface area contributed by atoms with Crippen molar-refractivity contribution < 1.29 is 31.1 Å². The maximum absolute atomic E-state index is 15.0. The summed E-state index contributed by atoms with van der Waals surface area (Å²) in [5, 5.41) is 0. The first kappa shape index (κ1) is 28.8. The Morgan fingerprint density at radius 2 is 1.42 bits per heavy atom. The molecule has 4 rings (SSSR count). The lowest BCUT2D eigenvalue weighted by atomic mass is 9.70. The van der Waals surface area contributed by atoms with Gasteiger partial charge in [-0.05, 0) is 104 Å². The second-order valence-electron chi connectivity index (χ2n) is 11.6. The van der Waals surface area contributed by atoms with E-state index in [0.717, 1.165) is 49.0 Å². The van der Waals surface area contributed by atoms with Crippen LogP contribution < -0.4 is 4.74 Å². The Morgan fingerprint density at radius 3 is 1.97 bits per heavy atom. The van der Waals surface area contributed by atoms with Gasteiger partial charge >= 0.3 is 6.36 Å². The van der Waals surface area contributed by atoms with Gasteiger partial charge in [-0.2, -0.15) is 0 Å². The van der Waals surface area contributed by atoms with E-state index in [2.05, 4.69) is 18.6 Å². The molecule has 0 N–H and O–H groups in total. The molecule has 38 heavy (non-hydrogen) atoms. The lowest BCUT2D eigenvalue weighted by molar-refractivity contribution is -0.276. The van der Waals surface area contributed by atoms with Crippen molar-refractivity contribution in [3.8, 4) is 16.9 Å². The molecule has 2 aliphatic rings. The quantitative estimate of drug-likeness (QED) is 0.303. The first-order chi connectivity index (χ1) is 18.0. The summed E-state index contributed by atoms with van der Waals surface area (Å²) in [4.78, 5) is 0. The van der Waals surface area contributed by atoms with Crippen molar-refractivity contribution >= 4 is 0 Å². The summed E-state index contributed by atoms with van der Waals surface area (Å²) in [5.74, 6) is -1.85. The molecule has 210 valence electrons. The zero-order valence-electron chi connectivity index (χ0n) is 22.2. The maximum atomic E-state index is 15.0. The van der Waals surface area contributed by atoms with Crippen molar-refractivity contribution in [1.29, 1.82) is 0 Å². The fourth-order valence-electron chi connectivity index (χ4n) is 6.85. The predicted octanol–water partition coefficient (Wildman–Crippen LogP) is 10.6. The second-order valence-corrected chi connectivity index (χ2v) is 11.6. The molecule has 2 aliphatic carbocycles.